The molecule has 0 aliphatic carbocycles. The van der Waals surface area contributed by atoms with Crippen molar-refractivity contribution in [3.63, 3.8) is 0 Å². The first-order valence-electron chi connectivity index (χ1n) is 7.11. The van der Waals surface area contributed by atoms with E-state index in [4.69, 9.17) is 23.2 Å². The molecular weight excluding hydrogens is 311 g/mol. The average molecular weight is 333 g/mol. The monoisotopic (exact) mass is 332 g/mol. The number of pyridine rings is 1. The van der Waals surface area contributed by atoms with Crippen molar-refractivity contribution >= 4 is 34.8 Å². The van der Waals surface area contributed by atoms with E-state index in [0.29, 0.717) is 28.2 Å². The molecule has 1 aromatic heterocycles. The number of β-amino-alcohol motifs (C(OH)–C–C–N with tert-alkyl or cyclic N) is 1. The highest BCUT2D eigenvalue weighted by molar-refractivity contribution is 6.37. The maximum absolute atomic E-state index is 9.99. The molecule has 0 aromatic carbocycles. The third-order valence-corrected chi connectivity index (χ3v) is 4.06. The first-order chi connectivity index (χ1) is 9.92. The molecule has 1 fully saturated rings. The van der Waals surface area contributed by atoms with Gasteiger partial charge in [-0.3, -0.25) is 0 Å². The largest absolute Gasteiger partial charge is 0.391 e. The quantitative estimate of drug-likeness (QED) is 0.866. The van der Waals surface area contributed by atoms with Crippen molar-refractivity contribution in [3.05, 3.63) is 16.1 Å². The van der Waals surface area contributed by atoms with Gasteiger partial charge < -0.3 is 20.2 Å². The second-order valence-electron chi connectivity index (χ2n) is 5.61. The number of aliphatic hydroxyl groups excluding tert-OH is 1. The molecule has 2 rings (SSSR count). The number of rotatable bonds is 5. The van der Waals surface area contributed by atoms with Gasteiger partial charge in [0.05, 0.1) is 16.1 Å². The first-order valence-corrected chi connectivity index (χ1v) is 7.87. The number of anilines is 2. The van der Waals surface area contributed by atoms with Crippen LogP contribution < -0.4 is 10.2 Å². The SMILES string of the molecule is CCNc1nc(N2CC(O)CC2CN(C)C)c(Cl)cc1Cl. The molecule has 21 heavy (non-hydrogen) atoms. The zero-order chi connectivity index (χ0) is 15.6. The van der Waals surface area contributed by atoms with Crippen molar-refractivity contribution in [1.29, 1.82) is 0 Å². The summed E-state index contributed by atoms with van der Waals surface area (Å²) < 4.78 is 0. The van der Waals surface area contributed by atoms with E-state index in [0.717, 1.165) is 19.5 Å². The van der Waals surface area contributed by atoms with Gasteiger partial charge in [0.2, 0.25) is 0 Å². The highest BCUT2D eigenvalue weighted by atomic mass is 35.5. The van der Waals surface area contributed by atoms with Crippen LogP contribution in [0.1, 0.15) is 13.3 Å². The van der Waals surface area contributed by atoms with Gasteiger partial charge in [-0.15, -0.1) is 0 Å². The van der Waals surface area contributed by atoms with Crippen LogP contribution in [0.15, 0.2) is 6.07 Å². The van der Waals surface area contributed by atoms with Gasteiger partial charge in [-0.05, 0) is 33.5 Å². The Morgan fingerprint density at radius 3 is 2.76 bits per heavy atom. The van der Waals surface area contributed by atoms with E-state index in [-0.39, 0.29) is 12.1 Å². The van der Waals surface area contributed by atoms with E-state index in [2.05, 4.69) is 20.1 Å². The Hall–Kier alpha value is -0.750. The van der Waals surface area contributed by atoms with Crippen molar-refractivity contribution in [2.24, 2.45) is 0 Å². The van der Waals surface area contributed by atoms with Crippen LogP contribution in [0.4, 0.5) is 11.6 Å². The van der Waals surface area contributed by atoms with Crippen LogP contribution in [0.2, 0.25) is 10.0 Å². The Morgan fingerprint density at radius 2 is 2.14 bits per heavy atom. The number of likely N-dealkylation sites (N-methyl/N-ethyl adjacent to an activating group) is 1. The van der Waals surface area contributed by atoms with Crippen LogP contribution in [0.5, 0.6) is 0 Å². The molecule has 1 aromatic rings. The van der Waals surface area contributed by atoms with Crippen molar-refractivity contribution < 1.29 is 5.11 Å². The van der Waals surface area contributed by atoms with Gasteiger partial charge in [0, 0.05) is 25.7 Å². The normalized spacial score (nSPS) is 22.1. The Balaban J connectivity index is 2.32. The Labute approximate surface area is 135 Å². The lowest BCUT2D eigenvalue weighted by atomic mass is 10.2. The summed E-state index contributed by atoms with van der Waals surface area (Å²) in [5, 5.41) is 14.1. The number of nitrogens with zero attached hydrogens (tertiary/aromatic N) is 3. The topological polar surface area (TPSA) is 51.6 Å². The number of hydrogen-bond donors (Lipinski definition) is 2. The van der Waals surface area contributed by atoms with Crippen LogP contribution >= 0.6 is 23.2 Å². The maximum Gasteiger partial charge on any atom is 0.150 e. The molecule has 2 atom stereocenters. The minimum Gasteiger partial charge on any atom is -0.391 e. The third-order valence-electron chi connectivity index (χ3n) is 3.50. The maximum atomic E-state index is 9.99. The summed E-state index contributed by atoms with van der Waals surface area (Å²) in [7, 11) is 4.04. The molecule has 1 aliphatic rings. The summed E-state index contributed by atoms with van der Waals surface area (Å²) in [4.78, 5) is 8.73. The standard InChI is InChI=1S/C14H22Cl2N4O/c1-4-17-13-11(15)6-12(16)14(18-13)20-8-10(21)5-9(20)7-19(2)3/h6,9-10,21H,4-5,7-8H2,1-3H3,(H,17,18). The molecule has 0 amide bonds. The van der Waals surface area contributed by atoms with Crippen molar-refractivity contribution in [1.82, 2.24) is 9.88 Å². The van der Waals surface area contributed by atoms with E-state index in [1.54, 1.807) is 6.07 Å². The molecule has 5 nitrogen and oxygen atoms in total. The highest BCUT2D eigenvalue weighted by Crippen LogP contribution is 2.35. The summed E-state index contributed by atoms with van der Waals surface area (Å²) in [6, 6.07) is 1.90. The van der Waals surface area contributed by atoms with Gasteiger partial charge in [-0.2, -0.15) is 0 Å². The van der Waals surface area contributed by atoms with Gasteiger partial charge in [-0.1, -0.05) is 23.2 Å². The molecule has 0 bridgehead atoms. The third kappa shape index (κ3) is 3.92. The summed E-state index contributed by atoms with van der Waals surface area (Å²) >= 11 is 12.5. The van der Waals surface area contributed by atoms with E-state index in [1.165, 1.54) is 0 Å². The van der Waals surface area contributed by atoms with E-state index in [9.17, 15) is 5.11 Å². The van der Waals surface area contributed by atoms with Crippen LogP contribution in [0.3, 0.4) is 0 Å². The highest BCUT2D eigenvalue weighted by Gasteiger charge is 2.33. The molecule has 7 heteroatoms. The van der Waals surface area contributed by atoms with Gasteiger partial charge in [0.25, 0.3) is 0 Å². The number of halogens is 2. The second-order valence-corrected chi connectivity index (χ2v) is 6.43. The average Bonchev–Trinajstić information content (AvgIpc) is 2.72. The summed E-state index contributed by atoms with van der Waals surface area (Å²) in [5.74, 6) is 1.31. The molecule has 1 saturated heterocycles. The molecule has 2 N–H and O–H groups in total. The molecule has 2 heterocycles. The minimum absolute atomic E-state index is 0.190. The van der Waals surface area contributed by atoms with Gasteiger partial charge in [0.1, 0.15) is 11.6 Å². The molecule has 118 valence electrons. The molecule has 1 aliphatic heterocycles. The molecular formula is C14H22Cl2N4O. The van der Waals surface area contributed by atoms with Gasteiger partial charge in [0.15, 0.2) is 0 Å². The zero-order valence-corrected chi connectivity index (χ0v) is 14.1. The predicted octanol–water partition coefficient (Wildman–Crippen LogP) is 2.32. The Kier molecular flexibility index (Phi) is 5.54. The zero-order valence-electron chi connectivity index (χ0n) is 12.6. The van der Waals surface area contributed by atoms with Crippen LogP contribution in [-0.2, 0) is 0 Å². The summed E-state index contributed by atoms with van der Waals surface area (Å²) in [6.07, 6.45) is 0.362. The molecule has 2 unspecified atom stereocenters. The summed E-state index contributed by atoms with van der Waals surface area (Å²) in [5.41, 5.74) is 0. The van der Waals surface area contributed by atoms with Gasteiger partial charge in [-0.25, -0.2) is 4.98 Å². The van der Waals surface area contributed by atoms with Crippen molar-refractivity contribution in [2.75, 3.05) is 43.9 Å². The lowest BCUT2D eigenvalue weighted by Gasteiger charge is -2.28. The number of hydrogen-bond acceptors (Lipinski definition) is 5. The van der Waals surface area contributed by atoms with E-state index >= 15 is 0 Å². The molecule has 0 radical (unpaired) electrons. The number of aromatic nitrogens is 1. The fourth-order valence-electron chi connectivity index (χ4n) is 2.70. The second kappa shape index (κ2) is 7.01. The molecule has 0 saturated carbocycles. The first kappa shape index (κ1) is 16.6. The van der Waals surface area contributed by atoms with Crippen LogP contribution in [0.25, 0.3) is 0 Å². The van der Waals surface area contributed by atoms with E-state index in [1.807, 2.05) is 21.0 Å². The van der Waals surface area contributed by atoms with E-state index < -0.39 is 0 Å². The Morgan fingerprint density at radius 1 is 1.43 bits per heavy atom. The fraction of sp³-hybridized carbons (Fsp3) is 0.643. The van der Waals surface area contributed by atoms with Gasteiger partial charge >= 0.3 is 0 Å². The van der Waals surface area contributed by atoms with Crippen molar-refractivity contribution in [2.45, 2.75) is 25.5 Å². The van der Waals surface area contributed by atoms with Crippen LogP contribution in [0, 0.1) is 0 Å². The predicted molar refractivity (Wildman–Crippen MR) is 88.7 cm³/mol. The number of nitrogens with one attached hydrogen (secondary N) is 1. The Bertz CT molecular complexity index is 498. The number of aliphatic hydroxyl groups is 1. The fourth-order valence-corrected chi connectivity index (χ4v) is 3.23. The van der Waals surface area contributed by atoms with Crippen LogP contribution in [-0.4, -0.2) is 60.9 Å². The smallest absolute Gasteiger partial charge is 0.150 e. The lowest BCUT2D eigenvalue weighted by Crippen LogP contribution is -2.38. The summed E-state index contributed by atoms with van der Waals surface area (Å²) in [6.45, 7) is 4.10. The minimum atomic E-state index is -0.355. The molecule has 0 spiro atoms. The van der Waals surface area contributed by atoms with Crippen molar-refractivity contribution in [3.8, 4) is 0 Å². The lowest BCUT2D eigenvalue weighted by molar-refractivity contribution is 0.191.